The molecule has 5 nitrogen and oxygen atoms in total. The number of halogens is 1. The summed E-state index contributed by atoms with van der Waals surface area (Å²) in [5, 5.41) is 6.20. The fourth-order valence-electron chi connectivity index (χ4n) is 2.23. The second-order valence-corrected chi connectivity index (χ2v) is 4.90. The molecule has 21 heavy (non-hydrogen) atoms. The molecule has 0 radical (unpaired) electrons. The number of ether oxygens (including phenoxy) is 2. The minimum atomic E-state index is 0. The van der Waals surface area contributed by atoms with E-state index in [1.165, 1.54) is 0 Å². The molecule has 0 saturated carbocycles. The lowest BCUT2D eigenvalue weighted by Crippen LogP contribution is -2.37. The first-order chi connectivity index (χ1) is 9.79. The van der Waals surface area contributed by atoms with Gasteiger partial charge < -0.3 is 20.1 Å². The highest BCUT2D eigenvalue weighted by Crippen LogP contribution is 2.19. The molecule has 118 valence electrons. The third kappa shape index (κ3) is 5.91. The number of methoxy groups -OCH3 is 1. The summed E-state index contributed by atoms with van der Waals surface area (Å²) in [5.74, 6) is 0.870. The molecule has 1 amide bonds. The molecule has 6 heteroatoms. The van der Waals surface area contributed by atoms with Gasteiger partial charge in [0.25, 0.3) is 0 Å². The zero-order valence-electron chi connectivity index (χ0n) is 12.3. The van der Waals surface area contributed by atoms with Crippen LogP contribution in [0.1, 0.15) is 12.8 Å². The van der Waals surface area contributed by atoms with Crippen molar-refractivity contribution in [3.63, 3.8) is 0 Å². The maximum atomic E-state index is 12.1. The van der Waals surface area contributed by atoms with Crippen molar-refractivity contribution >= 4 is 24.0 Å². The topological polar surface area (TPSA) is 59.6 Å². The summed E-state index contributed by atoms with van der Waals surface area (Å²) in [6, 6.07) is 7.45. The first-order valence-electron chi connectivity index (χ1n) is 7.03. The molecule has 1 aromatic rings. The quantitative estimate of drug-likeness (QED) is 0.789. The summed E-state index contributed by atoms with van der Waals surface area (Å²) < 4.78 is 10.5. The Hall–Kier alpha value is -1.30. The molecule has 1 aliphatic heterocycles. The van der Waals surface area contributed by atoms with Gasteiger partial charge >= 0.3 is 0 Å². The Bertz CT molecular complexity index is 437. The summed E-state index contributed by atoms with van der Waals surface area (Å²) >= 11 is 0. The molecule has 0 bridgehead atoms. The van der Waals surface area contributed by atoms with E-state index in [1.54, 1.807) is 7.11 Å². The maximum absolute atomic E-state index is 12.1. The Labute approximate surface area is 131 Å². The number of carbonyl (C=O) groups excluding carboxylic acids is 1. The van der Waals surface area contributed by atoms with Gasteiger partial charge in [-0.3, -0.25) is 4.79 Å². The number of nitrogens with one attached hydrogen (secondary N) is 2. The van der Waals surface area contributed by atoms with Crippen molar-refractivity contribution in [1.29, 1.82) is 0 Å². The van der Waals surface area contributed by atoms with Crippen LogP contribution in [0.25, 0.3) is 0 Å². The minimum absolute atomic E-state index is 0. The average molecular weight is 315 g/mol. The molecule has 0 aromatic heterocycles. The Morgan fingerprint density at radius 2 is 2.29 bits per heavy atom. The predicted molar refractivity (Wildman–Crippen MR) is 85.3 cm³/mol. The number of hydrogen-bond donors (Lipinski definition) is 2. The maximum Gasteiger partial charge on any atom is 0.228 e. The number of amides is 1. The van der Waals surface area contributed by atoms with E-state index in [9.17, 15) is 4.79 Å². The van der Waals surface area contributed by atoms with Crippen LogP contribution in [0.3, 0.4) is 0 Å². The lowest BCUT2D eigenvalue weighted by molar-refractivity contribution is -0.120. The highest BCUT2D eigenvalue weighted by molar-refractivity contribution is 5.92. The van der Waals surface area contributed by atoms with Gasteiger partial charge in [-0.15, -0.1) is 12.4 Å². The SMILES string of the molecule is COCCOc1cccc(NC(=O)C2CCCNC2)c1.Cl. The molecule has 1 fully saturated rings. The summed E-state index contributed by atoms with van der Waals surface area (Å²) in [4.78, 5) is 12.1. The van der Waals surface area contributed by atoms with Crippen LogP contribution in [0.5, 0.6) is 5.75 Å². The van der Waals surface area contributed by atoms with Crippen molar-refractivity contribution in [1.82, 2.24) is 5.32 Å². The summed E-state index contributed by atoms with van der Waals surface area (Å²) in [7, 11) is 1.64. The number of rotatable bonds is 6. The van der Waals surface area contributed by atoms with Gasteiger partial charge in [-0.2, -0.15) is 0 Å². The molecular formula is C15H23ClN2O3. The highest BCUT2D eigenvalue weighted by atomic mass is 35.5. The fraction of sp³-hybridized carbons (Fsp3) is 0.533. The van der Waals surface area contributed by atoms with Crippen molar-refractivity contribution in [2.75, 3.05) is 38.7 Å². The lowest BCUT2D eigenvalue weighted by Gasteiger charge is -2.22. The van der Waals surface area contributed by atoms with Gasteiger partial charge in [0.15, 0.2) is 0 Å². The molecular weight excluding hydrogens is 292 g/mol. The van der Waals surface area contributed by atoms with E-state index in [1.807, 2.05) is 24.3 Å². The third-order valence-electron chi connectivity index (χ3n) is 3.33. The van der Waals surface area contributed by atoms with E-state index >= 15 is 0 Å². The average Bonchev–Trinajstić information content (AvgIpc) is 2.49. The zero-order valence-corrected chi connectivity index (χ0v) is 13.1. The van der Waals surface area contributed by atoms with Crippen LogP contribution in [-0.2, 0) is 9.53 Å². The van der Waals surface area contributed by atoms with Crippen LogP contribution < -0.4 is 15.4 Å². The largest absolute Gasteiger partial charge is 0.491 e. The second-order valence-electron chi connectivity index (χ2n) is 4.90. The molecule has 2 N–H and O–H groups in total. The summed E-state index contributed by atoms with van der Waals surface area (Å²) in [5.41, 5.74) is 0.774. The monoisotopic (exact) mass is 314 g/mol. The van der Waals surface area contributed by atoms with Gasteiger partial charge in [0, 0.05) is 25.4 Å². The van der Waals surface area contributed by atoms with Crippen molar-refractivity contribution in [2.45, 2.75) is 12.8 Å². The van der Waals surface area contributed by atoms with Crippen molar-refractivity contribution < 1.29 is 14.3 Å². The molecule has 1 aromatic carbocycles. The fourth-order valence-corrected chi connectivity index (χ4v) is 2.23. The van der Waals surface area contributed by atoms with Crippen LogP contribution >= 0.6 is 12.4 Å². The highest BCUT2D eigenvalue weighted by Gasteiger charge is 2.20. The Morgan fingerprint density at radius 3 is 3.00 bits per heavy atom. The second kappa shape index (κ2) is 9.60. The smallest absolute Gasteiger partial charge is 0.228 e. The first-order valence-corrected chi connectivity index (χ1v) is 7.03. The van der Waals surface area contributed by atoms with E-state index in [0.717, 1.165) is 37.4 Å². The van der Waals surface area contributed by atoms with E-state index in [-0.39, 0.29) is 24.2 Å². The minimum Gasteiger partial charge on any atom is -0.491 e. The van der Waals surface area contributed by atoms with Crippen molar-refractivity contribution in [3.8, 4) is 5.75 Å². The first kappa shape index (κ1) is 17.8. The van der Waals surface area contributed by atoms with Gasteiger partial charge in [0.05, 0.1) is 12.5 Å². The molecule has 1 atom stereocenters. The number of hydrogen-bond acceptors (Lipinski definition) is 4. The van der Waals surface area contributed by atoms with Gasteiger partial charge in [-0.25, -0.2) is 0 Å². The van der Waals surface area contributed by atoms with Crippen LogP contribution in [0.2, 0.25) is 0 Å². The van der Waals surface area contributed by atoms with E-state index in [0.29, 0.717) is 13.2 Å². The third-order valence-corrected chi connectivity index (χ3v) is 3.33. The van der Waals surface area contributed by atoms with Crippen LogP contribution in [-0.4, -0.2) is 39.3 Å². The molecule has 0 aliphatic carbocycles. The van der Waals surface area contributed by atoms with Crippen molar-refractivity contribution in [2.24, 2.45) is 5.92 Å². The Morgan fingerprint density at radius 1 is 1.43 bits per heavy atom. The molecule has 1 heterocycles. The predicted octanol–water partition coefficient (Wildman–Crippen LogP) is 2.07. The van der Waals surface area contributed by atoms with Gasteiger partial charge in [0.2, 0.25) is 5.91 Å². The lowest BCUT2D eigenvalue weighted by atomic mass is 9.99. The van der Waals surface area contributed by atoms with Gasteiger partial charge in [-0.1, -0.05) is 6.07 Å². The number of anilines is 1. The van der Waals surface area contributed by atoms with Gasteiger partial charge in [-0.05, 0) is 31.5 Å². The number of benzene rings is 1. The van der Waals surface area contributed by atoms with E-state index < -0.39 is 0 Å². The summed E-state index contributed by atoms with van der Waals surface area (Å²) in [6.07, 6.45) is 2.00. The Balaban J connectivity index is 0.00000220. The summed E-state index contributed by atoms with van der Waals surface area (Å²) in [6.45, 7) is 2.81. The van der Waals surface area contributed by atoms with Gasteiger partial charge in [0.1, 0.15) is 12.4 Å². The van der Waals surface area contributed by atoms with Crippen LogP contribution in [0.15, 0.2) is 24.3 Å². The molecule has 1 aliphatic rings. The number of carbonyl (C=O) groups is 1. The molecule has 1 unspecified atom stereocenters. The standard InChI is InChI=1S/C15H22N2O3.ClH/c1-19-8-9-20-14-6-2-5-13(10-14)17-15(18)12-4-3-7-16-11-12;/h2,5-6,10,12,16H,3-4,7-9,11H2,1H3,(H,17,18);1H. The Kier molecular flexibility index (Phi) is 8.12. The van der Waals surface area contributed by atoms with Crippen LogP contribution in [0, 0.1) is 5.92 Å². The van der Waals surface area contributed by atoms with E-state index in [4.69, 9.17) is 9.47 Å². The van der Waals surface area contributed by atoms with E-state index in [2.05, 4.69) is 10.6 Å². The van der Waals surface area contributed by atoms with Crippen molar-refractivity contribution in [3.05, 3.63) is 24.3 Å². The molecule has 1 saturated heterocycles. The number of piperidine rings is 1. The zero-order chi connectivity index (χ0) is 14.2. The molecule has 2 rings (SSSR count). The molecule has 0 spiro atoms. The normalized spacial score (nSPS) is 17.7. The van der Waals surface area contributed by atoms with Crippen LogP contribution in [0.4, 0.5) is 5.69 Å².